The fourth-order valence-electron chi connectivity index (χ4n) is 2.19. The van der Waals surface area contributed by atoms with Crippen LogP contribution in [0.2, 0.25) is 5.15 Å². The molecule has 0 atom stereocenters. The van der Waals surface area contributed by atoms with Crippen LogP contribution in [0.5, 0.6) is 5.75 Å². The summed E-state index contributed by atoms with van der Waals surface area (Å²) in [6.07, 6.45) is 2.52. The normalized spacial score (nSPS) is 10.7. The fraction of sp³-hybridized carbons (Fsp3) is 0.375. The number of aliphatic hydroxyl groups excluding tert-OH is 1. The summed E-state index contributed by atoms with van der Waals surface area (Å²) < 4.78 is 5.18. The van der Waals surface area contributed by atoms with E-state index in [-0.39, 0.29) is 6.61 Å². The molecule has 5 nitrogen and oxygen atoms in total. The molecule has 1 N–H and O–H groups in total. The quantitative estimate of drug-likeness (QED) is 0.469. The predicted molar refractivity (Wildman–Crippen MR) is 95.0 cm³/mol. The average molecular weight is 354 g/mol. The molecular formula is C16H20ClN3O2S. The number of likely N-dealkylation sites (N-methyl/N-ethyl adjacent to an activating group) is 1. The number of thioether (sulfide) groups is 1. The fourth-order valence-corrected chi connectivity index (χ4v) is 2.83. The second-order valence-electron chi connectivity index (χ2n) is 4.97. The Labute approximate surface area is 145 Å². The van der Waals surface area contributed by atoms with E-state index < -0.39 is 0 Å². The number of methoxy groups -OCH3 is 1. The van der Waals surface area contributed by atoms with Crippen LogP contribution in [0.1, 0.15) is 11.1 Å². The Kier molecular flexibility index (Phi) is 6.50. The van der Waals surface area contributed by atoms with Crippen molar-refractivity contribution in [1.29, 1.82) is 0 Å². The van der Waals surface area contributed by atoms with Gasteiger partial charge in [0.2, 0.25) is 0 Å². The molecule has 2 aromatic rings. The molecule has 1 heterocycles. The van der Waals surface area contributed by atoms with Crippen molar-refractivity contribution in [3.8, 4) is 5.75 Å². The Morgan fingerprint density at radius 2 is 1.96 bits per heavy atom. The van der Waals surface area contributed by atoms with Gasteiger partial charge in [-0.2, -0.15) is 0 Å². The van der Waals surface area contributed by atoms with Crippen molar-refractivity contribution in [3.63, 3.8) is 0 Å². The third kappa shape index (κ3) is 4.50. The molecular weight excluding hydrogens is 334 g/mol. The summed E-state index contributed by atoms with van der Waals surface area (Å²) >= 11 is 7.83. The average Bonchev–Trinajstić information content (AvgIpc) is 2.57. The maximum absolute atomic E-state index is 9.19. The van der Waals surface area contributed by atoms with Gasteiger partial charge in [-0.05, 0) is 24.0 Å². The molecule has 124 valence electrons. The highest BCUT2D eigenvalue weighted by Gasteiger charge is 2.16. The van der Waals surface area contributed by atoms with Crippen LogP contribution in [-0.2, 0) is 6.42 Å². The lowest BCUT2D eigenvalue weighted by Crippen LogP contribution is -2.24. The Hall–Kier alpha value is -1.50. The van der Waals surface area contributed by atoms with Gasteiger partial charge >= 0.3 is 0 Å². The Morgan fingerprint density at radius 1 is 1.26 bits per heavy atom. The number of rotatable bonds is 7. The molecule has 0 saturated heterocycles. The van der Waals surface area contributed by atoms with Crippen LogP contribution < -0.4 is 9.64 Å². The first kappa shape index (κ1) is 17.8. The van der Waals surface area contributed by atoms with E-state index in [1.165, 1.54) is 11.8 Å². The topological polar surface area (TPSA) is 58.5 Å². The van der Waals surface area contributed by atoms with E-state index in [0.29, 0.717) is 23.3 Å². The van der Waals surface area contributed by atoms with Crippen LogP contribution in [0, 0.1) is 0 Å². The lowest BCUT2D eigenvalue weighted by atomic mass is 10.1. The van der Waals surface area contributed by atoms with Crippen molar-refractivity contribution in [2.45, 2.75) is 11.6 Å². The molecule has 7 heteroatoms. The minimum absolute atomic E-state index is 0.0503. The highest BCUT2D eigenvalue weighted by molar-refractivity contribution is 7.98. The number of anilines is 1. The van der Waals surface area contributed by atoms with E-state index in [2.05, 4.69) is 9.97 Å². The highest BCUT2D eigenvalue weighted by atomic mass is 35.5. The van der Waals surface area contributed by atoms with Gasteiger partial charge in [-0.15, -0.1) is 0 Å². The maximum Gasteiger partial charge on any atom is 0.190 e. The van der Waals surface area contributed by atoms with Crippen LogP contribution in [0.4, 0.5) is 5.82 Å². The van der Waals surface area contributed by atoms with Gasteiger partial charge in [0.25, 0.3) is 0 Å². The van der Waals surface area contributed by atoms with E-state index in [0.717, 1.165) is 22.7 Å². The van der Waals surface area contributed by atoms with Crippen LogP contribution >= 0.6 is 23.4 Å². The van der Waals surface area contributed by atoms with E-state index in [9.17, 15) is 5.11 Å². The SMILES string of the molecule is COc1ccc(Cc2c(Cl)nc(SC)nc2N(C)CCO)cc1. The maximum atomic E-state index is 9.19. The summed E-state index contributed by atoms with van der Waals surface area (Å²) in [5.74, 6) is 1.56. The molecule has 0 amide bonds. The molecule has 0 saturated carbocycles. The first-order chi connectivity index (χ1) is 11.1. The Bertz CT molecular complexity index is 653. The lowest BCUT2D eigenvalue weighted by molar-refractivity contribution is 0.303. The predicted octanol–water partition coefficient (Wildman–Crippen LogP) is 2.88. The van der Waals surface area contributed by atoms with Crippen LogP contribution in [0.15, 0.2) is 29.4 Å². The van der Waals surface area contributed by atoms with Gasteiger partial charge in [-0.1, -0.05) is 35.5 Å². The van der Waals surface area contributed by atoms with E-state index in [1.807, 2.05) is 42.5 Å². The molecule has 1 aromatic heterocycles. The zero-order valence-corrected chi connectivity index (χ0v) is 15.0. The van der Waals surface area contributed by atoms with Crippen LogP contribution in [0.25, 0.3) is 0 Å². The van der Waals surface area contributed by atoms with Crippen molar-refractivity contribution in [2.75, 3.05) is 38.5 Å². The van der Waals surface area contributed by atoms with Gasteiger partial charge in [0.15, 0.2) is 5.16 Å². The van der Waals surface area contributed by atoms with Gasteiger partial charge in [0.1, 0.15) is 16.7 Å². The number of aliphatic hydroxyl groups is 1. The zero-order valence-electron chi connectivity index (χ0n) is 13.4. The minimum Gasteiger partial charge on any atom is -0.497 e. The van der Waals surface area contributed by atoms with Gasteiger partial charge < -0.3 is 14.7 Å². The highest BCUT2D eigenvalue weighted by Crippen LogP contribution is 2.29. The summed E-state index contributed by atoms with van der Waals surface area (Å²) in [6, 6.07) is 7.82. The summed E-state index contributed by atoms with van der Waals surface area (Å²) in [6.45, 7) is 0.533. The molecule has 0 spiro atoms. The molecule has 0 unspecified atom stereocenters. The molecule has 0 bridgehead atoms. The van der Waals surface area contributed by atoms with E-state index in [4.69, 9.17) is 16.3 Å². The molecule has 0 aliphatic heterocycles. The summed E-state index contributed by atoms with van der Waals surface area (Å²) in [7, 11) is 3.53. The number of aromatic nitrogens is 2. The van der Waals surface area contributed by atoms with Crippen molar-refractivity contribution >= 4 is 29.2 Å². The summed E-state index contributed by atoms with van der Waals surface area (Å²) in [5, 5.41) is 10.3. The smallest absolute Gasteiger partial charge is 0.190 e. The molecule has 0 aliphatic rings. The Balaban J connectivity index is 2.38. The molecule has 23 heavy (non-hydrogen) atoms. The number of hydrogen-bond donors (Lipinski definition) is 1. The molecule has 2 rings (SSSR count). The van der Waals surface area contributed by atoms with Gasteiger partial charge in [0.05, 0.1) is 13.7 Å². The third-order valence-electron chi connectivity index (χ3n) is 3.43. The zero-order chi connectivity index (χ0) is 16.8. The van der Waals surface area contributed by atoms with E-state index >= 15 is 0 Å². The molecule has 0 fully saturated rings. The second kappa shape index (κ2) is 8.38. The standard InChI is InChI=1S/C16H20ClN3O2S/c1-20(8-9-21)15-13(14(17)18-16(19-15)23-3)10-11-4-6-12(22-2)7-5-11/h4-7,21H,8-10H2,1-3H3. The number of ether oxygens (including phenoxy) is 1. The number of halogens is 1. The molecule has 1 aromatic carbocycles. The van der Waals surface area contributed by atoms with E-state index in [1.54, 1.807) is 7.11 Å². The summed E-state index contributed by atoms with van der Waals surface area (Å²) in [5.41, 5.74) is 1.94. The Morgan fingerprint density at radius 3 is 2.52 bits per heavy atom. The van der Waals surface area contributed by atoms with Crippen molar-refractivity contribution in [2.24, 2.45) is 0 Å². The largest absolute Gasteiger partial charge is 0.497 e. The first-order valence-corrected chi connectivity index (χ1v) is 8.74. The second-order valence-corrected chi connectivity index (χ2v) is 6.10. The van der Waals surface area contributed by atoms with Gasteiger partial charge in [-0.25, -0.2) is 9.97 Å². The van der Waals surface area contributed by atoms with Crippen molar-refractivity contribution in [3.05, 3.63) is 40.5 Å². The molecule has 0 aliphatic carbocycles. The van der Waals surface area contributed by atoms with Gasteiger partial charge in [0, 0.05) is 25.6 Å². The van der Waals surface area contributed by atoms with Crippen molar-refractivity contribution < 1.29 is 9.84 Å². The number of benzene rings is 1. The van der Waals surface area contributed by atoms with Crippen LogP contribution in [0.3, 0.4) is 0 Å². The minimum atomic E-state index is 0.0503. The first-order valence-electron chi connectivity index (χ1n) is 7.14. The lowest BCUT2D eigenvalue weighted by Gasteiger charge is -2.21. The monoisotopic (exact) mass is 353 g/mol. The number of hydrogen-bond acceptors (Lipinski definition) is 6. The van der Waals surface area contributed by atoms with Crippen LogP contribution in [-0.4, -0.2) is 48.6 Å². The number of nitrogens with zero attached hydrogens (tertiary/aromatic N) is 3. The third-order valence-corrected chi connectivity index (χ3v) is 4.29. The summed E-state index contributed by atoms with van der Waals surface area (Å²) in [4.78, 5) is 10.8. The molecule has 0 radical (unpaired) electrons. The van der Waals surface area contributed by atoms with Gasteiger partial charge in [-0.3, -0.25) is 0 Å². The van der Waals surface area contributed by atoms with Crippen molar-refractivity contribution in [1.82, 2.24) is 9.97 Å².